The van der Waals surface area contributed by atoms with E-state index in [-0.39, 0.29) is 39.6 Å². The molecule has 0 unspecified atom stereocenters. The van der Waals surface area contributed by atoms with Crippen molar-refractivity contribution in [1.29, 1.82) is 0 Å². The third kappa shape index (κ3) is 6.24. The van der Waals surface area contributed by atoms with Gasteiger partial charge in [0, 0.05) is 12.6 Å². The normalized spacial score (nSPS) is 11.2. The smallest absolute Gasteiger partial charge is 0.387 e. The van der Waals surface area contributed by atoms with Gasteiger partial charge in [-0.05, 0) is 37.3 Å². The van der Waals surface area contributed by atoms with Crippen LogP contribution in [-0.2, 0) is 14.8 Å². The standard InChI is InChI=1S/C17H17ClF2N2O5S/c1-2-21-16(23)10-26-12-5-3-4-11(8-12)22-28(24,25)13-6-7-15(14(18)9-13)27-17(19)20/h3-9,17,22H,2,10H2,1H3,(H,21,23). The first-order valence-electron chi connectivity index (χ1n) is 7.98. The molecule has 0 spiro atoms. The van der Waals surface area contributed by atoms with Gasteiger partial charge in [-0.1, -0.05) is 17.7 Å². The van der Waals surface area contributed by atoms with Crippen molar-refractivity contribution < 1.29 is 31.5 Å². The molecule has 0 saturated carbocycles. The van der Waals surface area contributed by atoms with Crippen LogP contribution in [0, 0.1) is 0 Å². The number of amides is 1. The molecule has 152 valence electrons. The summed E-state index contributed by atoms with van der Waals surface area (Å²) >= 11 is 5.80. The van der Waals surface area contributed by atoms with Crippen LogP contribution in [0.25, 0.3) is 0 Å². The van der Waals surface area contributed by atoms with Crippen LogP contribution in [0.1, 0.15) is 6.92 Å². The summed E-state index contributed by atoms with van der Waals surface area (Å²) in [6.07, 6.45) is 0. The van der Waals surface area contributed by atoms with Crippen molar-refractivity contribution in [3.8, 4) is 11.5 Å². The van der Waals surface area contributed by atoms with E-state index in [0.29, 0.717) is 6.54 Å². The molecule has 11 heteroatoms. The number of anilines is 1. The molecule has 2 aromatic carbocycles. The van der Waals surface area contributed by atoms with Gasteiger partial charge in [0.2, 0.25) is 0 Å². The van der Waals surface area contributed by atoms with Gasteiger partial charge in [-0.25, -0.2) is 8.42 Å². The summed E-state index contributed by atoms with van der Waals surface area (Å²) in [4.78, 5) is 11.2. The molecule has 0 radical (unpaired) electrons. The Kier molecular flexibility index (Phi) is 7.41. The Hall–Kier alpha value is -2.59. The molecular formula is C17H17ClF2N2O5S. The van der Waals surface area contributed by atoms with E-state index in [2.05, 4.69) is 14.8 Å². The molecule has 0 heterocycles. The highest BCUT2D eigenvalue weighted by molar-refractivity contribution is 7.92. The second kappa shape index (κ2) is 9.56. The Bertz CT molecular complexity index is 941. The number of hydrogen-bond acceptors (Lipinski definition) is 5. The molecule has 0 aliphatic heterocycles. The fourth-order valence-corrected chi connectivity index (χ4v) is 3.47. The van der Waals surface area contributed by atoms with Crippen molar-refractivity contribution in [2.75, 3.05) is 17.9 Å². The van der Waals surface area contributed by atoms with Crippen molar-refractivity contribution in [2.24, 2.45) is 0 Å². The lowest BCUT2D eigenvalue weighted by Crippen LogP contribution is -2.28. The Labute approximate surface area is 165 Å². The minimum absolute atomic E-state index is 0.178. The highest BCUT2D eigenvalue weighted by Gasteiger charge is 2.18. The first-order valence-corrected chi connectivity index (χ1v) is 9.84. The Balaban J connectivity index is 2.12. The summed E-state index contributed by atoms with van der Waals surface area (Å²) in [6, 6.07) is 9.09. The lowest BCUT2D eigenvalue weighted by Gasteiger charge is -2.12. The summed E-state index contributed by atoms with van der Waals surface area (Å²) in [5.41, 5.74) is 0.178. The van der Waals surface area contributed by atoms with Crippen LogP contribution >= 0.6 is 11.6 Å². The highest BCUT2D eigenvalue weighted by Crippen LogP contribution is 2.29. The van der Waals surface area contributed by atoms with Gasteiger partial charge in [-0.3, -0.25) is 9.52 Å². The van der Waals surface area contributed by atoms with Gasteiger partial charge < -0.3 is 14.8 Å². The Morgan fingerprint density at radius 2 is 1.96 bits per heavy atom. The van der Waals surface area contributed by atoms with Crippen LogP contribution in [0.15, 0.2) is 47.4 Å². The minimum Gasteiger partial charge on any atom is -0.484 e. The molecule has 0 aliphatic rings. The second-order valence-electron chi connectivity index (χ2n) is 5.35. The second-order valence-corrected chi connectivity index (χ2v) is 7.44. The molecule has 0 aliphatic carbocycles. The zero-order valence-electron chi connectivity index (χ0n) is 14.6. The fraction of sp³-hybridized carbons (Fsp3) is 0.235. The van der Waals surface area contributed by atoms with Crippen molar-refractivity contribution in [1.82, 2.24) is 5.32 Å². The fourth-order valence-electron chi connectivity index (χ4n) is 2.10. The molecule has 0 aromatic heterocycles. The molecule has 2 rings (SSSR count). The van der Waals surface area contributed by atoms with E-state index in [9.17, 15) is 22.0 Å². The maximum atomic E-state index is 12.5. The van der Waals surface area contributed by atoms with E-state index < -0.39 is 16.6 Å². The molecule has 28 heavy (non-hydrogen) atoms. The van der Waals surface area contributed by atoms with Crippen LogP contribution in [0.4, 0.5) is 14.5 Å². The molecule has 7 nitrogen and oxygen atoms in total. The van der Waals surface area contributed by atoms with Gasteiger partial charge in [-0.2, -0.15) is 8.78 Å². The van der Waals surface area contributed by atoms with E-state index in [0.717, 1.165) is 18.2 Å². The topological polar surface area (TPSA) is 93.7 Å². The summed E-state index contributed by atoms with van der Waals surface area (Å²) in [6.45, 7) is -1.07. The van der Waals surface area contributed by atoms with Gasteiger partial charge in [0.05, 0.1) is 15.6 Å². The number of benzene rings is 2. The lowest BCUT2D eigenvalue weighted by atomic mass is 10.3. The van der Waals surface area contributed by atoms with Gasteiger partial charge in [0.25, 0.3) is 15.9 Å². The van der Waals surface area contributed by atoms with E-state index >= 15 is 0 Å². The van der Waals surface area contributed by atoms with Gasteiger partial charge in [0.15, 0.2) is 6.61 Å². The summed E-state index contributed by atoms with van der Waals surface area (Å²) in [5, 5.41) is 2.29. The maximum absolute atomic E-state index is 12.5. The zero-order chi connectivity index (χ0) is 20.7. The average Bonchev–Trinajstić information content (AvgIpc) is 2.61. The number of sulfonamides is 1. The van der Waals surface area contributed by atoms with Crippen molar-refractivity contribution in [3.05, 3.63) is 47.5 Å². The van der Waals surface area contributed by atoms with Crippen LogP contribution in [0.3, 0.4) is 0 Å². The molecule has 0 atom stereocenters. The molecule has 0 saturated heterocycles. The van der Waals surface area contributed by atoms with Crippen LogP contribution in [0.2, 0.25) is 5.02 Å². The Morgan fingerprint density at radius 3 is 2.61 bits per heavy atom. The average molecular weight is 435 g/mol. The number of likely N-dealkylation sites (N-methyl/N-ethyl adjacent to an activating group) is 1. The first-order chi connectivity index (χ1) is 13.2. The number of carbonyl (C=O) groups excluding carboxylic acids is 1. The molecule has 2 aromatic rings. The first kappa shape index (κ1) is 21.7. The van der Waals surface area contributed by atoms with Crippen LogP contribution in [0.5, 0.6) is 11.5 Å². The van der Waals surface area contributed by atoms with Crippen molar-refractivity contribution in [3.63, 3.8) is 0 Å². The largest absolute Gasteiger partial charge is 0.484 e. The third-order valence-corrected chi connectivity index (χ3v) is 4.93. The summed E-state index contributed by atoms with van der Waals surface area (Å²) < 4.78 is 61.3. The van der Waals surface area contributed by atoms with Crippen LogP contribution < -0.4 is 19.5 Å². The highest BCUT2D eigenvalue weighted by atomic mass is 35.5. The van der Waals surface area contributed by atoms with Crippen molar-refractivity contribution >= 4 is 33.2 Å². The maximum Gasteiger partial charge on any atom is 0.387 e. The molecule has 1 amide bonds. The van der Waals surface area contributed by atoms with Gasteiger partial charge in [0.1, 0.15) is 11.5 Å². The quantitative estimate of drug-likeness (QED) is 0.631. The van der Waals surface area contributed by atoms with Crippen LogP contribution in [-0.4, -0.2) is 34.1 Å². The number of carbonyl (C=O) groups is 1. The SMILES string of the molecule is CCNC(=O)COc1cccc(NS(=O)(=O)c2ccc(OC(F)F)c(Cl)c2)c1. The van der Waals surface area contributed by atoms with E-state index in [1.54, 1.807) is 13.0 Å². The minimum atomic E-state index is -4.05. The number of alkyl halides is 2. The number of rotatable bonds is 9. The molecule has 0 bridgehead atoms. The predicted molar refractivity (Wildman–Crippen MR) is 99.5 cm³/mol. The van der Waals surface area contributed by atoms with E-state index in [1.165, 1.54) is 18.2 Å². The predicted octanol–water partition coefficient (Wildman–Crippen LogP) is 3.26. The zero-order valence-corrected chi connectivity index (χ0v) is 16.2. The molecule has 2 N–H and O–H groups in total. The number of hydrogen-bond donors (Lipinski definition) is 2. The Morgan fingerprint density at radius 1 is 1.21 bits per heavy atom. The third-order valence-electron chi connectivity index (χ3n) is 3.26. The monoisotopic (exact) mass is 434 g/mol. The molecular weight excluding hydrogens is 418 g/mol. The molecule has 0 fully saturated rings. The lowest BCUT2D eigenvalue weighted by molar-refractivity contribution is -0.122. The number of halogens is 3. The van der Waals surface area contributed by atoms with E-state index in [1.807, 2.05) is 0 Å². The van der Waals surface area contributed by atoms with E-state index in [4.69, 9.17) is 16.3 Å². The van der Waals surface area contributed by atoms with Crippen molar-refractivity contribution in [2.45, 2.75) is 18.4 Å². The number of ether oxygens (including phenoxy) is 2. The van der Waals surface area contributed by atoms with Gasteiger partial charge in [-0.15, -0.1) is 0 Å². The number of nitrogens with one attached hydrogen (secondary N) is 2. The van der Waals surface area contributed by atoms with Gasteiger partial charge >= 0.3 is 6.61 Å². The summed E-state index contributed by atoms with van der Waals surface area (Å²) in [7, 11) is -4.05. The summed E-state index contributed by atoms with van der Waals surface area (Å²) in [5.74, 6) is -0.365.